The molecule has 1 aliphatic rings. The van der Waals surface area contributed by atoms with Gasteiger partial charge in [0.15, 0.2) is 5.76 Å². The van der Waals surface area contributed by atoms with E-state index in [0.717, 1.165) is 10.9 Å². The molecule has 1 unspecified atom stereocenters. The standard InChI is InChI=1S/C17H21NO4/c1-11-14-4-2-3-5-15(14)22-16(11)17(20)18-8-13(19)10-21-9-12-6-7-12/h2-5,12-13,19H,6-10H2,1H3,(H,18,20). The number of para-hydroxylation sites is 1. The van der Waals surface area contributed by atoms with Crippen molar-refractivity contribution < 1.29 is 19.1 Å². The third-order valence-corrected chi connectivity index (χ3v) is 3.91. The lowest BCUT2D eigenvalue weighted by atomic mass is 10.1. The van der Waals surface area contributed by atoms with E-state index in [2.05, 4.69) is 5.32 Å². The Labute approximate surface area is 129 Å². The van der Waals surface area contributed by atoms with Crippen LogP contribution in [0.1, 0.15) is 29.0 Å². The maximum atomic E-state index is 12.2. The molecule has 0 spiro atoms. The number of aliphatic hydroxyl groups is 1. The van der Waals surface area contributed by atoms with Crippen LogP contribution in [0.2, 0.25) is 0 Å². The number of rotatable bonds is 7. The van der Waals surface area contributed by atoms with Crippen molar-refractivity contribution in [2.24, 2.45) is 5.92 Å². The van der Waals surface area contributed by atoms with E-state index >= 15 is 0 Å². The number of amides is 1. The van der Waals surface area contributed by atoms with E-state index in [1.54, 1.807) is 0 Å². The highest BCUT2D eigenvalue weighted by atomic mass is 16.5. The Morgan fingerprint density at radius 1 is 1.45 bits per heavy atom. The number of carbonyl (C=O) groups is 1. The monoisotopic (exact) mass is 303 g/mol. The van der Waals surface area contributed by atoms with Crippen LogP contribution in [-0.4, -0.2) is 36.9 Å². The smallest absolute Gasteiger partial charge is 0.287 e. The van der Waals surface area contributed by atoms with Crippen molar-refractivity contribution >= 4 is 16.9 Å². The quantitative estimate of drug-likeness (QED) is 0.823. The second-order valence-electron chi connectivity index (χ2n) is 5.90. The van der Waals surface area contributed by atoms with E-state index in [9.17, 15) is 9.90 Å². The van der Waals surface area contributed by atoms with E-state index in [-0.39, 0.29) is 19.1 Å². The predicted molar refractivity (Wildman–Crippen MR) is 82.8 cm³/mol. The number of hydrogen-bond donors (Lipinski definition) is 2. The summed E-state index contributed by atoms with van der Waals surface area (Å²) in [6, 6.07) is 7.53. The van der Waals surface area contributed by atoms with Crippen molar-refractivity contribution in [3.05, 3.63) is 35.6 Å². The maximum Gasteiger partial charge on any atom is 0.287 e. The van der Waals surface area contributed by atoms with Crippen LogP contribution in [0.4, 0.5) is 0 Å². The molecule has 22 heavy (non-hydrogen) atoms. The lowest BCUT2D eigenvalue weighted by molar-refractivity contribution is 0.0318. The van der Waals surface area contributed by atoms with Gasteiger partial charge in [0.2, 0.25) is 0 Å². The first-order chi connectivity index (χ1) is 10.6. The Hall–Kier alpha value is -1.85. The van der Waals surface area contributed by atoms with E-state index in [1.807, 2.05) is 31.2 Å². The molecule has 2 N–H and O–H groups in total. The summed E-state index contributed by atoms with van der Waals surface area (Å²) in [5, 5.41) is 13.4. The first-order valence-electron chi connectivity index (χ1n) is 7.67. The highest BCUT2D eigenvalue weighted by Gasteiger charge is 2.22. The Balaban J connectivity index is 1.52. The first-order valence-corrected chi connectivity index (χ1v) is 7.67. The van der Waals surface area contributed by atoms with Crippen LogP contribution in [0, 0.1) is 12.8 Å². The number of ether oxygens (including phenoxy) is 1. The molecular formula is C17H21NO4. The van der Waals surface area contributed by atoms with Gasteiger partial charge in [-0.05, 0) is 31.7 Å². The fourth-order valence-electron chi connectivity index (χ4n) is 2.40. The number of aliphatic hydroxyl groups excluding tert-OH is 1. The predicted octanol–water partition coefficient (Wildman–Crippen LogP) is 2.26. The summed E-state index contributed by atoms with van der Waals surface area (Å²) in [5.41, 5.74) is 1.51. The van der Waals surface area contributed by atoms with Crippen molar-refractivity contribution in [3.8, 4) is 0 Å². The van der Waals surface area contributed by atoms with Crippen LogP contribution in [0.3, 0.4) is 0 Å². The molecule has 1 aromatic heterocycles. The lowest BCUT2D eigenvalue weighted by Crippen LogP contribution is -2.34. The number of nitrogens with one attached hydrogen (secondary N) is 1. The number of fused-ring (bicyclic) bond motifs is 1. The molecule has 5 heteroatoms. The van der Waals surface area contributed by atoms with Crippen molar-refractivity contribution in [1.82, 2.24) is 5.32 Å². The van der Waals surface area contributed by atoms with E-state index in [1.165, 1.54) is 12.8 Å². The zero-order valence-electron chi connectivity index (χ0n) is 12.7. The molecule has 1 atom stereocenters. The molecule has 1 aromatic carbocycles. The first kappa shape index (κ1) is 15.1. The van der Waals surface area contributed by atoms with Gasteiger partial charge < -0.3 is 19.6 Å². The van der Waals surface area contributed by atoms with Crippen LogP contribution >= 0.6 is 0 Å². The Morgan fingerprint density at radius 3 is 2.95 bits per heavy atom. The highest BCUT2D eigenvalue weighted by Crippen LogP contribution is 2.28. The zero-order valence-corrected chi connectivity index (χ0v) is 12.7. The molecule has 1 fully saturated rings. The SMILES string of the molecule is Cc1c(C(=O)NCC(O)COCC2CC2)oc2ccccc12. The van der Waals surface area contributed by atoms with Crippen LogP contribution in [0.5, 0.6) is 0 Å². The molecular weight excluding hydrogens is 282 g/mol. The minimum Gasteiger partial charge on any atom is -0.451 e. The van der Waals surface area contributed by atoms with E-state index in [4.69, 9.17) is 9.15 Å². The van der Waals surface area contributed by atoms with Gasteiger partial charge >= 0.3 is 0 Å². The summed E-state index contributed by atoms with van der Waals surface area (Å²) >= 11 is 0. The third kappa shape index (κ3) is 3.48. The average Bonchev–Trinajstić information content (AvgIpc) is 3.28. The molecule has 1 saturated carbocycles. The van der Waals surface area contributed by atoms with Gasteiger partial charge in [0, 0.05) is 24.1 Å². The molecule has 1 aliphatic carbocycles. The van der Waals surface area contributed by atoms with Gasteiger partial charge in [-0.15, -0.1) is 0 Å². The van der Waals surface area contributed by atoms with E-state index < -0.39 is 6.10 Å². The van der Waals surface area contributed by atoms with E-state index in [0.29, 0.717) is 23.9 Å². The molecule has 3 rings (SSSR count). The van der Waals surface area contributed by atoms with Crippen LogP contribution in [0.15, 0.2) is 28.7 Å². The van der Waals surface area contributed by atoms with Gasteiger partial charge in [0.1, 0.15) is 5.58 Å². The van der Waals surface area contributed by atoms with Gasteiger partial charge in [-0.25, -0.2) is 0 Å². The Bertz CT molecular complexity index is 660. The zero-order chi connectivity index (χ0) is 15.5. The van der Waals surface area contributed by atoms with Gasteiger partial charge in [0.25, 0.3) is 5.91 Å². The number of hydrogen-bond acceptors (Lipinski definition) is 4. The minimum atomic E-state index is -0.701. The molecule has 2 aromatic rings. The molecule has 0 radical (unpaired) electrons. The second kappa shape index (κ2) is 6.50. The van der Waals surface area contributed by atoms with Crippen molar-refractivity contribution in [2.75, 3.05) is 19.8 Å². The van der Waals surface area contributed by atoms with Gasteiger partial charge in [-0.2, -0.15) is 0 Å². The average molecular weight is 303 g/mol. The summed E-state index contributed by atoms with van der Waals surface area (Å²) in [6.45, 7) is 2.96. The molecule has 0 aliphatic heterocycles. The topological polar surface area (TPSA) is 71.7 Å². The molecule has 1 heterocycles. The van der Waals surface area contributed by atoms with Crippen LogP contribution in [0.25, 0.3) is 11.0 Å². The van der Waals surface area contributed by atoms with Crippen molar-refractivity contribution in [1.29, 1.82) is 0 Å². The Morgan fingerprint density at radius 2 is 2.23 bits per heavy atom. The summed E-state index contributed by atoms with van der Waals surface area (Å²) in [7, 11) is 0. The number of carbonyl (C=O) groups excluding carboxylic acids is 1. The third-order valence-electron chi connectivity index (χ3n) is 3.91. The largest absolute Gasteiger partial charge is 0.451 e. The van der Waals surface area contributed by atoms with Crippen LogP contribution < -0.4 is 5.32 Å². The number of furan rings is 1. The van der Waals surface area contributed by atoms with Crippen LogP contribution in [-0.2, 0) is 4.74 Å². The summed E-state index contributed by atoms with van der Waals surface area (Å²) in [6.07, 6.45) is 1.74. The normalized spacial score (nSPS) is 15.9. The molecule has 1 amide bonds. The highest BCUT2D eigenvalue weighted by molar-refractivity contribution is 5.98. The molecule has 0 bridgehead atoms. The van der Waals surface area contributed by atoms with Crippen molar-refractivity contribution in [2.45, 2.75) is 25.9 Å². The number of benzene rings is 1. The fraction of sp³-hybridized carbons (Fsp3) is 0.471. The second-order valence-corrected chi connectivity index (χ2v) is 5.90. The molecule has 118 valence electrons. The fourth-order valence-corrected chi connectivity index (χ4v) is 2.40. The van der Waals surface area contributed by atoms with Crippen molar-refractivity contribution in [3.63, 3.8) is 0 Å². The summed E-state index contributed by atoms with van der Waals surface area (Å²) in [5.74, 6) is 0.655. The number of aryl methyl sites for hydroxylation is 1. The van der Waals surface area contributed by atoms with Gasteiger partial charge in [-0.1, -0.05) is 18.2 Å². The van der Waals surface area contributed by atoms with Gasteiger partial charge in [-0.3, -0.25) is 4.79 Å². The lowest BCUT2D eigenvalue weighted by Gasteiger charge is -2.11. The van der Waals surface area contributed by atoms with Gasteiger partial charge in [0.05, 0.1) is 12.7 Å². The molecule has 5 nitrogen and oxygen atoms in total. The maximum absolute atomic E-state index is 12.2. The minimum absolute atomic E-state index is 0.153. The summed E-state index contributed by atoms with van der Waals surface area (Å²) < 4.78 is 11.0. The summed E-state index contributed by atoms with van der Waals surface area (Å²) in [4.78, 5) is 12.2. The Kier molecular flexibility index (Phi) is 4.45. The molecule has 0 saturated heterocycles.